The monoisotopic (exact) mass is 549 g/mol. The summed E-state index contributed by atoms with van der Waals surface area (Å²) in [7, 11) is -7.35. The molecule has 8 nitrogen and oxygen atoms in total. The molecule has 1 amide bonds. The quantitative estimate of drug-likeness (QED) is 0.372. The van der Waals surface area contributed by atoms with Gasteiger partial charge in [-0.2, -0.15) is 0 Å². The Kier molecular flexibility index (Phi) is 8.65. The molecule has 192 valence electrons. The van der Waals surface area contributed by atoms with Gasteiger partial charge in [-0.25, -0.2) is 16.8 Å². The van der Waals surface area contributed by atoms with Crippen molar-refractivity contribution in [1.82, 2.24) is 0 Å². The summed E-state index contributed by atoms with van der Waals surface area (Å²) in [4.78, 5) is 12.4. The Morgan fingerprint density at radius 2 is 1.58 bits per heavy atom. The van der Waals surface area contributed by atoms with Gasteiger partial charge in [0.1, 0.15) is 0 Å². The molecule has 3 aromatic carbocycles. The van der Waals surface area contributed by atoms with E-state index >= 15 is 0 Å². The average molecular weight is 550 g/mol. The average Bonchev–Trinajstić information content (AvgIpc) is 2.78. The largest absolute Gasteiger partial charge is 0.326 e. The number of amides is 1. The fourth-order valence-corrected chi connectivity index (χ4v) is 5.65. The predicted octanol–water partition coefficient (Wildman–Crippen LogP) is 4.94. The number of nitrogens with one attached hydrogen (secondary N) is 2. The Morgan fingerprint density at radius 1 is 0.917 bits per heavy atom. The van der Waals surface area contributed by atoms with Gasteiger partial charge in [0, 0.05) is 23.7 Å². The lowest BCUT2D eigenvalue weighted by Crippen LogP contribution is -2.31. The minimum Gasteiger partial charge on any atom is -0.326 e. The van der Waals surface area contributed by atoms with E-state index in [1.54, 1.807) is 30.3 Å². The predicted molar refractivity (Wildman–Crippen MR) is 145 cm³/mol. The van der Waals surface area contributed by atoms with Crippen molar-refractivity contribution in [3.05, 3.63) is 82.9 Å². The van der Waals surface area contributed by atoms with Gasteiger partial charge in [0.15, 0.2) is 0 Å². The number of sulfonamides is 2. The highest BCUT2D eigenvalue weighted by Gasteiger charge is 2.18. The molecule has 0 saturated heterocycles. The van der Waals surface area contributed by atoms with Crippen molar-refractivity contribution >= 4 is 54.6 Å². The lowest BCUT2D eigenvalue weighted by molar-refractivity contribution is -0.116. The summed E-state index contributed by atoms with van der Waals surface area (Å²) >= 11 is 6.06. The fourth-order valence-electron chi connectivity index (χ4n) is 3.46. The molecule has 0 unspecified atom stereocenters. The third kappa shape index (κ3) is 7.46. The molecule has 0 saturated carbocycles. The molecule has 3 aromatic rings. The SMILES string of the molecule is Cc1cccc(N(CCCC(=O)Nc2ccc(S(=O)(=O)Nc3ccc(C)c(Cl)c3)cc2)S(C)(=O)=O)c1. The van der Waals surface area contributed by atoms with Gasteiger partial charge in [0.2, 0.25) is 15.9 Å². The first-order valence-electron chi connectivity index (χ1n) is 11.1. The van der Waals surface area contributed by atoms with Crippen molar-refractivity contribution in [2.75, 3.05) is 27.1 Å². The molecule has 0 bridgehead atoms. The van der Waals surface area contributed by atoms with E-state index in [4.69, 9.17) is 11.6 Å². The zero-order valence-corrected chi connectivity index (χ0v) is 22.5. The van der Waals surface area contributed by atoms with Crippen LogP contribution in [-0.4, -0.2) is 35.5 Å². The van der Waals surface area contributed by atoms with Crippen LogP contribution in [0.2, 0.25) is 5.02 Å². The van der Waals surface area contributed by atoms with E-state index in [0.29, 0.717) is 28.5 Å². The van der Waals surface area contributed by atoms with E-state index in [-0.39, 0.29) is 23.8 Å². The number of hydrogen-bond donors (Lipinski definition) is 2. The van der Waals surface area contributed by atoms with Gasteiger partial charge in [0.25, 0.3) is 10.0 Å². The van der Waals surface area contributed by atoms with Crippen LogP contribution in [0.3, 0.4) is 0 Å². The second-order valence-corrected chi connectivity index (χ2v) is 12.4. The summed E-state index contributed by atoms with van der Waals surface area (Å²) in [6.45, 7) is 3.85. The first-order chi connectivity index (χ1) is 16.8. The van der Waals surface area contributed by atoms with Crippen LogP contribution < -0.4 is 14.3 Å². The number of carbonyl (C=O) groups is 1. The lowest BCUT2D eigenvalue weighted by Gasteiger charge is -2.22. The van der Waals surface area contributed by atoms with Gasteiger partial charge in [0.05, 0.1) is 22.5 Å². The lowest BCUT2D eigenvalue weighted by atomic mass is 10.2. The maximum atomic E-state index is 12.7. The third-order valence-electron chi connectivity index (χ3n) is 5.33. The van der Waals surface area contributed by atoms with Crippen LogP contribution in [0.25, 0.3) is 0 Å². The standard InChI is InChI=1S/C25H28ClN3O5S2/c1-18-6-4-7-22(16-18)29(35(3,31)32)15-5-8-25(30)27-20-11-13-23(14-12-20)36(33,34)28-21-10-9-19(2)24(26)17-21/h4,6-7,9-14,16-17,28H,5,8,15H2,1-3H3,(H,27,30). The Labute approximate surface area is 217 Å². The first kappa shape index (κ1) is 27.5. The van der Waals surface area contributed by atoms with Gasteiger partial charge in [-0.1, -0.05) is 29.8 Å². The molecule has 0 fully saturated rings. The van der Waals surface area contributed by atoms with Crippen molar-refractivity contribution in [2.45, 2.75) is 31.6 Å². The zero-order chi connectivity index (χ0) is 26.5. The van der Waals surface area contributed by atoms with E-state index in [1.165, 1.54) is 34.6 Å². The summed E-state index contributed by atoms with van der Waals surface area (Å²) in [6, 6.07) is 17.8. The molecule has 0 aromatic heterocycles. The molecule has 0 spiro atoms. The smallest absolute Gasteiger partial charge is 0.261 e. The van der Waals surface area contributed by atoms with E-state index in [2.05, 4.69) is 10.0 Å². The van der Waals surface area contributed by atoms with Crippen molar-refractivity contribution in [3.63, 3.8) is 0 Å². The number of halogens is 1. The van der Waals surface area contributed by atoms with Crippen molar-refractivity contribution < 1.29 is 21.6 Å². The van der Waals surface area contributed by atoms with Crippen LogP contribution in [-0.2, 0) is 24.8 Å². The number of rotatable bonds is 10. The minimum absolute atomic E-state index is 0.0270. The Hall–Kier alpha value is -3.08. The summed E-state index contributed by atoms with van der Waals surface area (Å²) in [6.07, 6.45) is 1.53. The third-order valence-corrected chi connectivity index (χ3v) is 8.33. The second kappa shape index (κ2) is 11.3. The summed E-state index contributed by atoms with van der Waals surface area (Å²) in [5.41, 5.74) is 3.09. The van der Waals surface area contributed by atoms with Crippen LogP contribution in [0.4, 0.5) is 17.1 Å². The number of carbonyl (C=O) groups excluding carboxylic acids is 1. The topological polar surface area (TPSA) is 113 Å². The fraction of sp³-hybridized carbons (Fsp3) is 0.240. The Bertz CT molecular complexity index is 1460. The molecule has 2 N–H and O–H groups in total. The number of anilines is 3. The maximum Gasteiger partial charge on any atom is 0.261 e. The van der Waals surface area contributed by atoms with E-state index in [0.717, 1.165) is 17.4 Å². The molecule has 0 radical (unpaired) electrons. The molecule has 3 rings (SSSR count). The number of benzene rings is 3. The summed E-state index contributed by atoms with van der Waals surface area (Å²) in [5, 5.41) is 3.16. The number of nitrogens with zero attached hydrogens (tertiary/aromatic N) is 1. The number of hydrogen-bond acceptors (Lipinski definition) is 5. The van der Waals surface area contributed by atoms with Crippen LogP contribution in [0.1, 0.15) is 24.0 Å². The first-order valence-corrected chi connectivity index (χ1v) is 14.8. The van der Waals surface area contributed by atoms with Gasteiger partial charge in [-0.15, -0.1) is 0 Å². The molecule has 11 heteroatoms. The minimum atomic E-state index is -3.84. The molecular weight excluding hydrogens is 522 g/mol. The Balaban J connectivity index is 1.58. The summed E-state index contributed by atoms with van der Waals surface area (Å²) in [5.74, 6) is -0.310. The number of aryl methyl sites for hydroxylation is 2. The zero-order valence-electron chi connectivity index (χ0n) is 20.2. The molecule has 0 aliphatic carbocycles. The highest BCUT2D eigenvalue weighted by atomic mass is 35.5. The van der Waals surface area contributed by atoms with Crippen LogP contribution in [0.15, 0.2) is 71.6 Å². The van der Waals surface area contributed by atoms with E-state index in [1.807, 2.05) is 19.9 Å². The Morgan fingerprint density at radius 3 is 2.19 bits per heavy atom. The van der Waals surface area contributed by atoms with Crippen molar-refractivity contribution in [2.24, 2.45) is 0 Å². The molecule has 0 aliphatic heterocycles. The molecular formula is C25H28ClN3O5S2. The highest BCUT2D eigenvalue weighted by Crippen LogP contribution is 2.24. The van der Waals surface area contributed by atoms with Gasteiger partial charge >= 0.3 is 0 Å². The summed E-state index contributed by atoms with van der Waals surface area (Å²) < 4.78 is 53.5. The van der Waals surface area contributed by atoms with Crippen LogP contribution in [0.5, 0.6) is 0 Å². The van der Waals surface area contributed by atoms with Crippen molar-refractivity contribution in [1.29, 1.82) is 0 Å². The van der Waals surface area contributed by atoms with Crippen LogP contribution >= 0.6 is 11.6 Å². The molecule has 0 heterocycles. The van der Waals surface area contributed by atoms with Gasteiger partial charge in [-0.05, 0) is 79.9 Å². The van der Waals surface area contributed by atoms with E-state index in [9.17, 15) is 21.6 Å². The van der Waals surface area contributed by atoms with Crippen molar-refractivity contribution in [3.8, 4) is 0 Å². The molecule has 0 atom stereocenters. The van der Waals surface area contributed by atoms with E-state index < -0.39 is 20.0 Å². The maximum absolute atomic E-state index is 12.7. The van der Waals surface area contributed by atoms with Crippen LogP contribution in [0, 0.1) is 13.8 Å². The highest BCUT2D eigenvalue weighted by molar-refractivity contribution is 7.92. The van der Waals surface area contributed by atoms with Gasteiger partial charge < -0.3 is 5.32 Å². The second-order valence-electron chi connectivity index (χ2n) is 8.42. The normalized spacial score (nSPS) is 11.7. The van der Waals surface area contributed by atoms with Gasteiger partial charge in [-0.3, -0.25) is 13.8 Å². The molecule has 0 aliphatic rings. The molecule has 36 heavy (non-hydrogen) atoms.